The molecule has 2 heterocycles. The first kappa shape index (κ1) is 22.5. The molecule has 31 heavy (non-hydrogen) atoms. The number of hydrogen-bond acceptors (Lipinski definition) is 6. The van der Waals surface area contributed by atoms with Gasteiger partial charge < -0.3 is 9.30 Å². The molecule has 7 nitrogen and oxygen atoms in total. The minimum Gasteiger partial charge on any atom is -0.495 e. The molecule has 0 atom stereocenters. The maximum atomic E-state index is 12.6. The van der Waals surface area contributed by atoms with E-state index in [1.165, 1.54) is 17.4 Å². The number of anilines is 1. The van der Waals surface area contributed by atoms with E-state index in [2.05, 4.69) is 22.4 Å². The van der Waals surface area contributed by atoms with Gasteiger partial charge in [0, 0.05) is 24.0 Å². The fraction of sp³-hybridized carbons (Fsp3) is 0.273. The summed E-state index contributed by atoms with van der Waals surface area (Å²) in [6, 6.07) is 11.0. The van der Waals surface area contributed by atoms with Gasteiger partial charge >= 0.3 is 0 Å². The number of carbonyl (C=O) groups excluding carboxylic acids is 1. The number of methoxy groups -OCH3 is 1. The van der Waals surface area contributed by atoms with Gasteiger partial charge in [-0.2, -0.15) is 5.26 Å². The molecule has 1 aromatic carbocycles. The number of amides is 1. The molecule has 0 bridgehead atoms. The van der Waals surface area contributed by atoms with Crippen LogP contribution in [0.1, 0.15) is 36.9 Å². The van der Waals surface area contributed by atoms with Gasteiger partial charge in [-0.15, -0.1) is 10.2 Å². The van der Waals surface area contributed by atoms with Crippen LogP contribution in [-0.4, -0.2) is 27.8 Å². The van der Waals surface area contributed by atoms with Crippen molar-refractivity contribution in [2.45, 2.75) is 32.6 Å². The van der Waals surface area contributed by atoms with E-state index < -0.39 is 5.91 Å². The average molecular weight is 456 g/mol. The van der Waals surface area contributed by atoms with Gasteiger partial charge in [-0.05, 0) is 42.8 Å². The molecule has 3 aromatic rings. The van der Waals surface area contributed by atoms with Crippen molar-refractivity contribution in [1.82, 2.24) is 14.8 Å². The third kappa shape index (κ3) is 5.72. The number of carbonyl (C=O) groups is 1. The summed E-state index contributed by atoms with van der Waals surface area (Å²) < 4.78 is 7.01. The zero-order valence-corrected chi connectivity index (χ0v) is 18.8. The second-order valence-electron chi connectivity index (χ2n) is 6.70. The Balaban J connectivity index is 1.77. The van der Waals surface area contributed by atoms with Crippen LogP contribution in [-0.2, 0) is 11.2 Å². The minimum atomic E-state index is -0.528. The number of aryl methyl sites for hydroxylation is 1. The molecule has 3 rings (SSSR count). The summed E-state index contributed by atoms with van der Waals surface area (Å²) >= 11 is 7.56. The first-order valence-electron chi connectivity index (χ1n) is 9.82. The van der Waals surface area contributed by atoms with Crippen molar-refractivity contribution < 1.29 is 9.53 Å². The standard InChI is InChI=1S/C22H22ClN5O2S/c1-3-4-5-8-20-26-27-22(31-20)25-21(29)15(14-24)12-16-7-6-11-28(16)17-9-10-19(30-2)18(23)13-17/h6-7,9-13H,3-5,8H2,1-2H3,(H,25,27,29). The van der Waals surface area contributed by atoms with Gasteiger partial charge in [0.05, 0.1) is 12.1 Å². The van der Waals surface area contributed by atoms with Crippen molar-refractivity contribution in [3.8, 4) is 17.5 Å². The van der Waals surface area contributed by atoms with Gasteiger partial charge in [0.15, 0.2) is 0 Å². The number of nitrogens with one attached hydrogen (secondary N) is 1. The first-order chi connectivity index (χ1) is 15.0. The summed E-state index contributed by atoms with van der Waals surface area (Å²) in [7, 11) is 1.55. The number of benzene rings is 1. The highest BCUT2D eigenvalue weighted by atomic mass is 35.5. The molecule has 0 saturated carbocycles. The van der Waals surface area contributed by atoms with E-state index in [9.17, 15) is 10.1 Å². The third-order valence-corrected chi connectivity index (χ3v) is 5.73. The fourth-order valence-corrected chi connectivity index (χ4v) is 3.97. The number of unbranched alkanes of at least 4 members (excludes halogenated alkanes) is 2. The summed E-state index contributed by atoms with van der Waals surface area (Å²) in [4.78, 5) is 12.6. The smallest absolute Gasteiger partial charge is 0.268 e. The van der Waals surface area contributed by atoms with Crippen molar-refractivity contribution in [3.63, 3.8) is 0 Å². The van der Waals surface area contributed by atoms with Gasteiger partial charge in [-0.3, -0.25) is 10.1 Å². The number of hydrogen-bond donors (Lipinski definition) is 1. The molecule has 2 aromatic heterocycles. The van der Waals surface area contributed by atoms with Crippen molar-refractivity contribution in [2.75, 3.05) is 12.4 Å². The summed E-state index contributed by atoms with van der Waals surface area (Å²) in [6.07, 6.45) is 7.47. The quantitative estimate of drug-likeness (QED) is 0.269. The predicted molar refractivity (Wildman–Crippen MR) is 123 cm³/mol. The van der Waals surface area contributed by atoms with Crippen LogP contribution in [0.2, 0.25) is 5.02 Å². The van der Waals surface area contributed by atoms with Crippen LogP contribution in [0.5, 0.6) is 5.75 Å². The number of aromatic nitrogens is 3. The van der Waals surface area contributed by atoms with Crippen LogP contribution < -0.4 is 10.1 Å². The van der Waals surface area contributed by atoms with Crippen molar-refractivity contribution in [3.05, 3.63) is 57.8 Å². The van der Waals surface area contributed by atoms with Crippen LogP contribution in [0.4, 0.5) is 5.13 Å². The van der Waals surface area contributed by atoms with Gasteiger partial charge in [-0.1, -0.05) is 42.7 Å². The number of nitriles is 1. The molecule has 1 N–H and O–H groups in total. The molecular weight excluding hydrogens is 434 g/mol. The lowest BCUT2D eigenvalue weighted by Crippen LogP contribution is -2.13. The number of nitrogens with zero attached hydrogens (tertiary/aromatic N) is 4. The second-order valence-corrected chi connectivity index (χ2v) is 8.17. The Bertz CT molecular complexity index is 1130. The Kier molecular flexibility index (Phi) is 7.82. The second kappa shape index (κ2) is 10.8. The number of ether oxygens (including phenoxy) is 1. The zero-order chi connectivity index (χ0) is 22.2. The van der Waals surface area contributed by atoms with Gasteiger partial charge in [0.1, 0.15) is 22.4 Å². The predicted octanol–water partition coefficient (Wildman–Crippen LogP) is 5.27. The molecular formula is C22H22ClN5O2S. The molecule has 0 aliphatic carbocycles. The Morgan fingerprint density at radius 3 is 2.90 bits per heavy atom. The molecule has 9 heteroatoms. The van der Waals surface area contributed by atoms with Crippen LogP contribution in [0.25, 0.3) is 11.8 Å². The summed E-state index contributed by atoms with van der Waals surface area (Å²) in [5.74, 6) is 0.0390. The van der Waals surface area contributed by atoms with Crippen LogP contribution in [0, 0.1) is 11.3 Å². The monoisotopic (exact) mass is 455 g/mol. The van der Waals surface area contributed by atoms with Crippen LogP contribution in [0.3, 0.4) is 0 Å². The fourth-order valence-electron chi connectivity index (χ4n) is 2.94. The highest BCUT2D eigenvalue weighted by Gasteiger charge is 2.14. The van der Waals surface area contributed by atoms with Gasteiger partial charge in [0.25, 0.3) is 5.91 Å². The average Bonchev–Trinajstić information content (AvgIpc) is 3.41. The lowest BCUT2D eigenvalue weighted by molar-refractivity contribution is -0.112. The first-order valence-corrected chi connectivity index (χ1v) is 11.0. The molecule has 160 valence electrons. The van der Waals surface area contributed by atoms with Crippen LogP contribution in [0.15, 0.2) is 42.1 Å². The minimum absolute atomic E-state index is 0.0395. The summed E-state index contributed by atoms with van der Waals surface area (Å²) in [5.41, 5.74) is 1.40. The molecule has 0 spiro atoms. The molecule has 0 saturated heterocycles. The molecule has 0 unspecified atom stereocenters. The lowest BCUT2D eigenvalue weighted by atomic mass is 10.2. The topological polar surface area (TPSA) is 92.8 Å². The Labute approximate surface area is 189 Å². The molecule has 0 aliphatic rings. The molecule has 0 aliphatic heterocycles. The highest BCUT2D eigenvalue weighted by molar-refractivity contribution is 7.15. The molecule has 0 fully saturated rings. The molecule has 1 amide bonds. The number of rotatable bonds is 9. The third-order valence-electron chi connectivity index (χ3n) is 4.53. The van der Waals surface area contributed by atoms with Gasteiger partial charge in [0.2, 0.25) is 5.13 Å². The molecule has 0 radical (unpaired) electrons. The Hall–Kier alpha value is -3.15. The van der Waals surface area contributed by atoms with Gasteiger partial charge in [-0.25, -0.2) is 0 Å². The maximum Gasteiger partial charge on any atom is 0.268 e. The highest BCUT2D eigenvalue weighted by Crippen LogP contribution is 2.28. The van der Waals surface area contributed by atoms with E-state index in [4.69, 9.17) is 16.3 Å². The maximum absolute atomic E-state index is 12.6. The largest absolute Gasteiger partial charge is 0.495 e. The van der Waals surface area contributed by atoms with E-state index in [1.807, 2.05) is 29.0 Å². The summed E-state index contributed by atoms with van der Waals surface area (Å²) in [6.45, 7) is 2.14. The van der Waals surface area contributed by atoms with E-state index in [0.717, 1.165) is 36.4 Å². The zero-order valence-electron chi connectivity index (χ0n) is 17.3. The van der Waals surface area contributed by atoms with Crippen molar-refractivity contribution in [2.24, 2.45) is 0 Å². The number of halogens is 1. The van der Waals surface area contributed by atoms with E-state index in [1.54, 1.807) is 25.3 Å². The van der Waals surface area contributed by atoms with Crippen molar-refractivity contribution in [1.29, 1.82) is 5.26 Å². The van der Waals surface area contributed by atoms with E-state index in [-0.39, 0.29) is 5.57 Å². The van der Waals surface area contributed by atoms with E-state index >= 15 is 0 Å². The van der Waals surface area contributed by atoms with Crippen LogP contribution >= 0.6 is 22.9 Å². The Morgan fingerprint density at radius 1 is 1.35 bits per heavy atom. The van der Waals surface area contributed by atoms with E-state index in [0.29, 0.717) is 21.6 Å². The SMILES string of the molecule is CCCCCc1nnc(NC(=O)C(C#N)=Cc2cccn2-c2ccc(OC)c(Cl)c2)s1. The Morgan fingerprint density at radius 2 is 2.19 bits per heavy atom. The normalized spacial score (nSPS) is 11.2. The summed E-state index contributed by atoms with van der Waals surface area (Å²) in [5, 5.41) is 22.0. The lowest BCUT2D eigenvalue weighted by Gasteiger charge is -2.10. The van der Waals surface area contributed by atoms with Crippen molar-refractivity contribution >= 4 is 40.1 Å².